The first-order valence-electron chi connectivity index (χ1n) is 9.27. The lowest BCUT2D eigenvalue weighted by Gasteiger charge is -2.32. The van der Waals surface area contributed by atoms with Gasteiger partial charge in [0.25, 0.3) is 0 Å². The lowest BCUT2D eigenvalue weighted by molar-refractivity contribution is -0.134. The third-order valence-electron chi connectivity index (χ3n) is 4.44. The summed E-state index contributed by atoms with van der Waals surface area (Å²) in [5.74, 6) is -0.555. The van der Waals surface area contributed by atoms with Crippen molar-refractivity contribution < 1.29 is 19.1 Å². The molecule has 1 rings (SSSR count). The summed E-state index contributed by atoms with van der Waals surface area (Å²) in [6.07, 6.45) is 0.0728. The van der Waals surface area contributed by atoms with Gasteiger partial charge in [-0.1, -0.05) is 20.3 Å². The zero-order valence-electron chi connectivity index (χ0n) is 16.9. The van der Waals surface area contributed by atoms with Crippen LogP contribution in [0.2, 0.25) is 0 Å². The minimum Gasteiger partial charge on any atom is -0.444 e. The molecule has 0 aliphatic carbocycles. The summed E-state index contributed by atoms with van der Waals surface area (Å²) in [5, 5.41) is 5.29. The summed E-state index contributed by atoms with van der Waals surface area (Å²) < 4.78 is 5.23. The van der Waals surface area contributed by atoms with Crippen LogP contribution in [-0.2, 0) is 14.3 Å². The maximum absolute atomic E-state index is 12.5. The fourth-order valence-corrected chi connectivity index (χ4v) is 2.58. The fourth-order valence-electron chi connectivity index (χ4n) is 2.58. The summed E-state index contributed by atoms with van der Waals surface area (Å²) in [5.41, 5.74) is -0.641. The molecule has 1 aliphatic rings. The predicted molar refractivity (Wildman–Crippen MR) is 99.7 cm³/mol. The Morgan fingerprint density at radius 2 is 1.69 bits per heavy atom. The highest BCUT2D eigenvalue weighted by molar-refractivity contribution is 5.89. The Balaban J connectivity index is 2.57. The van der Waals surface area contributed by atoms with Gasteiger partial charge < -0.3 is 25.2 Å². The van der Waals surface area contributed by atoms with Crippen LogP contribution in [0.15, 0.2) is 0 Å². The molecule has 1 fully saturated rings. The Kier molecular flexibility index (Phi) is 8.33. The van der Waals surface area contributed by atoms with Gasteiger partial charge in [0, 0.05) is 26.2 Å². The van der Waals surface area contributed by atoms with Gasteiger partial charge in [-0.2, -0.15) is 0 Å². The fraction of sp³-hybridized carbons (Fsp3) is 0.833. The molecular formula is C18H34N4O4. The quantitative estimate of drug-likeness (QED) is 0.722. The van der Waals surface area contributed by atoms with Crippen molar-refractivity contribution >= 4 is 17.9 Å². The van der Waals surface area contributed by atoms with Crippen LogP contribution in [0.1, 0.15) is 41.0 Å². The van der Waals surface area contributed by atoms with Crippen molar-refractivity contribution in [3.8, 4) is 0 Å². The van der Waals surface area contributed by atoms with Gasteiger partial charge in [-0.25, -0.2) is 4.79 Å². The third-order valence-corrected chi connectivity index (χ3v) is 4.44. The zero-order chi connectivity index (χ0) is 19.9. The molecule has 0 saturated carbocycles. The van der Waals surface area contributed by atoms with Gasteiger partial charge in [-0.05, 0) is 33.7 Å². The van der Waals surface area contributed by atoms with E-state index >= 15 is 0 Å². The molecule has 2 N–H and O–H groups in total. The summed E-state index contributed by atoms with van der Waals surface area (Å²) in [7, 11) is 2.02. The molecule has 1 heterocycles. The van der Waals surface area contributed by atoms with Gasteiger partial charge in [-0.3, -0.25) is 9.59 Å². The molecule has 0 radical (unpaired) electrons. The van der Waals surface area contributed by atoms with Gasteiger partial charge in [-0.15, -0.1) is 0 Å². The van der Waals surface area contributed by atoms with Crippen LogP contribution in [-0.4, -0.2) is 79.1 Å². The molecule has 0 bridgehead atoms. The highest BCUT2D eigenvalue weighted by Crippen LogP contribution is 2.11. The Morgan fingerprint density at radius 1 is 1.12 bits per heavy atom. The molecule has 3 amide bonds. The minimum absolute atomic E-state index is 0.0640. The molecule has 0 aromatic carbocycles. The first-order valence-corrected chi connectivity index (χ1v) is 9.27. The van der Waals surface area contributed by atoms with Crippen LogP contribution in [0.5, 0.6) is 0 Å². The van der Waals surface area contributed by atoms with Crippen LogP contribution in [0, 0.1) is 5.92 Å². The first-order chi connectivity index (χ1) is 12.0. The number of ether oxygens (including phenoxy) is 1. The Hall–Kier alpha value is -1.83. The van der Waals surface area contributed by atoms with E-state index in [2.05, 4.69) is 15.5 Å². The van der Waals surface area contributed by atoms with Crippen LogP contribution < -0.4 is 10.6 Å². The Labute approximate surface area is 156 Å². The second-order valence-corrected chi connectivity index (χ2v) is 7.91. The van der Waals surface area contributed by atoms with Crippen LogP contribution in [0.3, 0.4) is 0 Å². The van der Waals surface area contributed by atoms with Crippen LogP contribution in [0.25, 0.3) is 0 Å². The van der Waals surface area contributed by atoms with Crippen LogP contribution >= 0.6 is 0 Å². The zero-order valence-corrected chi connectivity index (χ0v) is 16.9. The topological polar surface area (TPSA) is 91.0 Å². The molecule has 2 unspecified atom stereocenters. The van der Waals surface area contributed by atoms with Crippen molar-refractivity contribution in [3.05, 3.63) is 0 Å². The Bertz CT molecular complexity index is 496. The molecule has 0 aromatic heterocycles. The lowest BCUT2D eigenvalue weighted by Crippen LogP contribution is -2.54. The van der Waals surface area contributed by atoms with E-state index < -0.39 is 17.7 Å². The number of likely N-dealkylation sites (N-methyl/N-ethyl adjacent to an activating group) is 1. The SMILES string of the molecule is CCC(C)C(NC(=O)OC(C)(C)C)C(=O)NCC(=O)N1CCN(C)CC1. The minimum atomic E-state index is -0.741. The molecule has 1 saturated heterocycles. The van der Waals surface area contributed by atoms with Crippen LogP contribution in [0.4, 0.5) is 4.79 Å². The number of piperazine rings is 1. The standard InChI is InChI=1S/C18H34N4O4/c1-7-13(2)15(20-17(25)26-18(3,4)5)16(24)19-12-14(23)22-10-8-21(6)9-11-22/h13,15H,7-12H2,1-6H3,(H,19,24)(H,20,25). The Morgan fingerprint density at radius 3 is 2.19 bits per heavy atom. The van der Waals surface area contributed by atoms with E-state index in [4.69, 9.17) is 4.74 Å². The number of hydrogen-bond acceptors (Lipinski definition) is 5. The van der Waals surface area contributed by atoms with E-state index in [1.54, 1.807) is 25.7 Å². The summed E-state index contributed by atoms with van der Waals surface area (Å²) in [6.45, 7) is 12.0. The van der Waals surface area contributed by atoms with E-state index in [1.165, 1.54) is 0 Å². The number of carbonyl (C=O) groups is 3. The van der Waals surface area contributed by atoms with Crippen molar-refractivity contribution in [1.29, 1.82) is 0 Å². The molecular weight excluding hydrogens is 336 g/mol. The molecule has 2 atom stereocenters. The molecule has 0 spiro atoms. The van der Waals surface area contributed by atoms with Crippen molar-refractivity contribution in [2.24, 2.45) is 5.92 Å². The number of amides is 3. The molecule has 150 valence electrons. The summed E-state index contributed by atoms with van der Waals surface area (Å²) in [6, 6.07) is -0.741. The number of carbonyl (C=O) groups excluding carboxylic acids is 3. The predicted octanol–water partition coefficient (Wildman–Crippen LogP) is 0.816. The second kappa shape index (κ2) is 9.75. The maximum atomic E-state index is 12.5. The summed E-state index contributed by atoms with van der Waals surface area (Å²) in [4.78, 5) is 40.7. The van der Waals surface area contributed by atoms with E-state index in [0.717, 1.165) is 13.1 Å². The average molecular weight is 370 g/mol. The average Bonchev–Trinajstić information content (AvgIpc) is 2.55. The van der Waals surface area contributed by atoms with Gasteiger partial charge in [0.15, 0.2) is 0 Å². The number of hydrogen-bond donors (Lipinski definition) is 2. The highest BCUT2D eigenvalue weighted by atomic mass is 16.6. The van der Waals surface area contributed by atoms with Gasteiger partial charge in [0.2, 0.25) is 11.8 Å². The molecule has 8 heteroatoms. The van der Waals surface area contributed by atoms with Crippen molar-refractivity contribution in [2.45, 2.75) is 52.7 Å². The molecule has 8 nitrogen and oxygen atoms in total. The lowest BCUT2D eigenvalue weighted by atomic mass is 9.98. The normalized spacial score (nSPS) is 18.0. The number of nitrogens with one attached hydrogen (secondary N) is 2. The maximum Gasteiger partial charge on any atom is 0.408 e. The first kappa shape index (κ1) is 22.2. The van der Waals surface area contributed by atoms with Gasteiger partial charge in [0.1, 0.15) is 11.6 Å². The number of alkyl carbamates (subject to hydrolysis) is 1. The van der Waals surface area contributed by atoms with E-state index in [0.29, 0.717) is 19.5 Å². The monoisotopic (exact) mass is 370 g/mol. The van der Waals surface area contributed by atoms with Gasteiger partial charge in [0.05, 0.1) is 6.54 Å². The molecule has 1 aliphatic heterocycles. The van der Waals surface area contributed by atoms with E-state index in [9.17, 15) is 14.4 Å². The van der Waals surface area contributed by atoms with Crippen molar-refractivity contribution in [2.75, 3.05) is 39.8 Å². The molecule has 0 aromatic rings. The smallest absolute Gasteiger partial charge is 0.408 e. The van der Waals surface area contributed by atoms with Crippen molar-refractivity contribution in [3.63, 3.8) is 0 Å². The van der Waals surface area contributed by atoms with E-state index in [-0.39, 0.29) is 24.3 Å². The van der Waals surface area contributed by atoms with Gasteiger partial charge >= 0.3 is 6.09 Å². The summed E-state index contributed by atoms with van der Waals surface area (Å²) >= 11 is 0. The molecule has 26 heavy (non-hydrogen) atoms. The highest BCUT2D eigenvalue weighted by Gasteiger charge is 2.29. The third kappa shape index (κ3) is 7.59. The largest absolute Gasteiger partial charge is 0.444 e. The number of nitrogens with zero attached hydrogens (tertiary/aromatic N) is 2. The van der Waals surface area contributed by atoms with Crippen molar-refractivity contribution in [1.82, 2.24) is 20.4 Å². The number of rotatable bonds is 6. The van der Waals surface area contributed by atoms with E-state index in [1.807, 2.05) is 20.9 Å². The second-order valence-electron chi connectivity index (χ2n) is 7.91.